The number of rotatable bonds is 4. The van der Waals surface area contributed by atoms with Gasteiger partial charge in [0.1, 0.15) is 5.75 Å². The van der Waals surface area contributed by atoms with Crippen LogP contribution < -0.4 is 10.5 Å². The van der Waals surface area contributed by atoms with Crippen LogP contribution in [0, 0.1) is 5.92 Å². The molecule has 3 N–H and O–H groups in total. The number of hydrogen-bond acceptors (Lipinski definition) is 4. The lowest BCUT2D eigenvalue weighted by atomic mass is 9.96. The number of β-amino-alcohol motifs (C(OH)–C–C–N with tert-alkyl or cyclic N) is 1. The summed E-state index contributed by atoms with van der Waals surface area (Å²) in [5.41, 5.74) is 5.50. The second-order valence-corrected chi connectivity index (χ2v) is 5.32. The van der Waals surface area contributed by atoms with Crippen molar-refractivity contribution in [2.45, 2.75) is 19.4 Å². The Bertz CT molecular complexity index is 532. The Labute approximate surface area is 123 Å². The number of aliphatic hydroxyl groups excluding tert-OH is 1. The number of aliphatic hydroxyl groups is 1. The van der Waals surface area contributed by atoms with Crippen molar-refractivity contribution < 1.29 is 19.4 Å². The van der Waals surface area contributed by atoms with E-state index in [0.29, 0.717) is 18.8 Å². The lowest BCUT2D eigenvalue weighted by Crippen LogP contribution is -2.47. The fourth-order valence-corrected chi connectivity index (χ4v) is 2.30. The van der Waals surface area contributed by atoms with Gasteiger partial charge in [0.05, 0.1) is 11.7 Å². The molecule has 0 radical (unpaired) electrons. The molecule has 6 heteroatoms. The van der Waals surface area contributed by atoms with E-state index in [1.54, 1.807) is 29.2 Å². The highest BCUT2D eigenvalue weighted by atomic mass is 16.5. The Kier molecular flexibility index (Phi) is 4.80. The van der Waals surface area contributed by atoms with Crippen molar-refractivity contribution in [3.63, 3.8) is 0 Å². The Hall–Kier alpha value is -2.08. The van der Waals surface area contributed by atoms with Crippen LogP contribution in [0.5, 0.6) is 5.75 Å². The Morgan fingerprint density at radius 3 is 2.81 bits per heavy atom. The van der Waals surface area contributed by atoms with Gasteiger partial charge in [0.15, 0.2) is 6.61 Å². The smallest absolute Gasteiger partial charge is 0.260 e. The summed E-state index contributed by atoms with van der Waals surface area (Å²) in [4.78, 5) is 24.9. The second kappa shape index (κ2) is 6.58. The molecular weight excluding hydrogens is 272 g/mol. The quantitative estimate of drug-likeness (QED) is 0.839. The average molecular weight is 292 g/mol. The number of amides is 2. The zero-order chi connectivity index (χ0) is 15.4. The van der Waals surface area contributed by atoms with E-state index in [1.807, 2.05) is 6.92 Å². The van der Waals surface area contributed by atoms with E-state index in [2.05, 4.69) is 0 Å². The molecule has 0 aliphatic carbocycles. The molecule has 0 spiro atoms. The number of para-hydroxylation sites is 1. The van der Waals surface area contributed by atoms with Crippen molar-refractivity contribution in [1.82, 2.24) is 4.90 Å². The van der Waals surface area contributed by atoms with Crippen LogP contribution >= 0.6 is 0 Å². The number of hydrogen-bond donors (Lipinski definition) is 2. The molecule has 1 aromatic rings. The van der Waals surface area contributed by atoms with Gasteiger partial charge in [0.2, 0.25) is 0 Å². The number of carbonyl (C=O) groups excluding carboxylic acids is 2. The second-order valence-electron chi connectivity index (χ2n) is 5.32. The topological polar surface area (TPSA) is 92.9 Å². The van der Waals surface area contributed by atoms with Gasteiger partial charge in [-0.05, 0) is 24.5 Å². The standard InChI is InChI=1S/C15H20N2O4/c1-10-6-7-17(8-12(10)18)14(19)9-21-13-5-3-2-4-11(13)15(16)20/h2-5,10,12,18H,6-9H2,1H3,(H2,16,20). The predicted molar refractivity (Wildman–Crippen MR) is 76.8 cm³/mol. The number of likely N-dealkylation sites (tertiary alicyclic amines) is 1. The number of carbonyl (C=O) groups is 2. The van der Waals surface area contributed by atoms with Crippen LogP contribution in [0.4, 0.5) is 0 Å². The molecule has 0 saturated carbocycles. The van der Waals surface area contributed by atoms with Crippen LogP contribution in [0.2, 0.25) is 0 Å². The Morgan fingerprint density at radius 1 is 1.43 bits per heavy atom. The number of nitrogens with two attached hydrogens (primary N) is 1. The summed E-state index contributed by atoms with van der Waals surface area (Å²) in [5, 5.41) is 9.80. The van der Waals surface area contributed by atoms with Gasteiger partial charge in [-0.15, -0.1) is 0 Å². The summed E-state index contributed by atoms with van der Waals surface area (Å²) < 4.78 is 5.40. The lowest BCUT2D eigenvalue weighted by Gasteiger charge is -2.34. The number of piperidine rings is 1. The van der Waals surface area contributed by atoms with E-state index in [4.69, 9.17) is 10.5 Å². The van der Waals surface area contributed by atoms with Crippen LogP contribution in [0.1, 0.15) is 23.7 Å². The number of nitrogens with zero attached hydrogens (tertiary/aromatic N) is 1. The highest BCUT2D eigenvalue weighted by molar-refractivity contribution is 5.95. The summed E-state index contributed by atoms with van der Waals surface area (Å²) in [6.45, 7) is 2.72. The minimum atomic E-state index is -0.597. The minimum absolute atomic E-state index is 0.175. The SMILES string of the molecule is CC1CCN(C(=O)COc2ccccc2C(N)=O)CC1O. The minimum Gasteiger partial charge on any atom is -0.483 e. The number of ether oxygens (including phenoxy) is 1. The van der Waals surface area contributed by atoms with E-state index in [9.17, 15) is 14.7 Å². The van der Waals surface area contributed by atoms with Crippen LogP contribution in [0.3, 0.4) is 0 Å². The van der Waals surface area contributed by atoms with Crippen molar-refractivity contribution in [1.29, 1.82) is 0 Å². The molecule has 0 bridgehead atoms. The molecule has 0 aromatic heterocycles. The molecule has 2 amide bonds. The molecular formula is C15H20N2O4. The summed E-state index contributed by atoms with van der Waals surface area (Å²) in [7, 11) is 0. The predicted octanol–water partition coefficient (Wildman–Crippen LogP) is 0.394. The van der Waals surface area contributed by atoms with Gasteiger partial charge in [-0.2, -0.15) is 0 Å². The van der Waals surface area contributed by atoms with Crippen LogP contribution in [-0.2, 0) is 4.79 Å². The van der Waals surface area contributed by atoms with Crippen LogP contribution in [0.15, 0.2) is 24.3 Å². The first-order valence-corrected chi connectivity index (χ1v) is 6.96. The van der Waals surface area contributed by atoms with E-state index in [0.717, 1.165) is 6.42 Å². The molecule has 1 aromatic carbocycles. The summed E-state index contributed by atoms with van der Waals surface area (Å²) in [6.07, 6.45) is 0.269. The van der Waals surface area contributed by atoms with Gasteiger partial charge in [-0.3, -0.25) is 9.59 Å². The average Bonchev–Trinajstić information content (AvgIpc) is 2.47. The number of benzene rings is 1. The van der Waals surface area contributed by atoms with Gasteiger partial charge < -0.3 is 20.5 Å². The highest BCUT2D eigenvalue weighted by Gasteiger charge is 2.27. The molecule has 1 saturated heterocycles. The van der Waals surface area contributed by atoms with Crippen molar-refractivity contribution in [3.8, 4) is 5.75 Å². The van der Waals surface area contributed by atoms with Gasteiger partial charge in [-0.25, -0.2) is 0 Å². The summed E-state index contributed by atoms with van der Waals surface area (Å²) in [5.74, 6) is -0.310. The largest absolute Gasteiger partial charge is 0.483 e. The van der Waals surface area contributed by atoms with Crippen LogP contribution in [0.25, 0.3) is 0 Å². The third-order valence-electron chi connectivity index (χ3n) is 3.78. The first-order chi connectivity index (χ1) is 9.99. The molecule has 1 aliphatic heterocycles. The normalized spacial score (nSPS) is 21.9. The van der Waals surface area contributed by atoms with Gasteiger partial charge in [0.25, 0.3) is 11.8 Å². The van der Waals surface area contributed by atoms with Crippen molar-refractivity contribution >= 4 is 11.8 Å². The first kappa shape index (κ1) is 15.3. The third-order valence-corrected chi connectivity index (χ3v) is 3.78. The molecule has 21 heavy (non-hydrogen) atoms. The van der Waals surface area contributed by atoms with Crippen molar-refractivity contribution in [2.24, 2.45) is 11.7 Å². The molecule has 1 heterocycles. The van der Waals surface area contributed by atoms with Crippen molar-refractivity contribution in [3.05, 3.63) is 29.8 Å². The molecule has 2 rings (SSSR count). The maximum absolute atomic E-state index is 12.1. The molecule has 1 aliphatic rings. The van der Waals surface area contributed by atoms with Crippen LogP contribution in [-0.4, -0.2) is 47.6 Å². The highest BCUT2D eigenvalue weighted by Crippen LogP contribution is 2.19. The Morgan fingerprint density at radius 2 is 2.14 bits per heavy atom. The fourth-order valence-electron chi connectivity index (χ4n) is 2.30. The number of primary amides is 1. The summed E-state index contributed by atoms with van der Waals surface area (Å²) >= 11 is 0. The van der Waals surface area contributed by atoms with E-state index >= 15 is 0 Å². The zero-order valence-electron chi connectivity index (χ0n) is 12.0. The van der Waals surface area contributed by atoms with E-state index < -0.39 is 12.0 Å². The monoisotopic (exact) mass is 292 g/mol. The summed E-state index contributed by atoms with van der Waals surface area (Å²) in [6, 6.07) is 6.53. The fraction of sp³-hybridized carbons (Fsp3) is 0.467. The maximum atomic E-state index is 12.1. The molecule has 6 nitrogen and oxygen atoms in total. The van der Waals surface area contributed by atoms with E-state index in [1.165, 1.54) is 0 Å². The third kappa shape index (κ3) is 3.72. The van der Waals surface area contributed by atoms with E-state index in [-0.39, 0.29) is 24.0 Å². The van der Waals surface area contributed by atoms with Gasteiger partial charge in [0, 0.05) is 13.1 Å². The first-order valence-electron chi connectivity index (χ1n) is 6.96. The lowest BCUT2D eigenvalue weighted by molar-refractivity contribution is -0.137. The molecule has 114 valence electrons. The maximum Gasteiger partial charge on any atom is 0.260 e. The van der Waals surface area contributed by atoms with Crippen molar-refractivity contribution in [2.75, 3.05) is 19.7 Å². The Balaban J connectivity index is 1.94. The molecule has 1 fully saturated rings. The van der Waals surface area contributed by atoms with Gasteiger partial charge in [-0.1, -0.05) is 19.1 Å². The van der Waals surface area contributed by atoms with Gasteiger partial charge >= 0.3 is 0 Å². The molecule has 2 atom stereocenters. The zero-order valence-corrected chi connectivity index (χ0v) is 12.0. The molecule has 2 unspecified atom stereocenters.